The van der Waals surface area contributed by atoms with E-state index in [9.17, 15) is 4.79 Å². The van der Waals surface area contributed by atoms with Gasteiger partial charge in [-0.3, -0.25) is 14.6 Å². The van der Waals surface area contributed by atoms with Crippen molar-refractivity contribution >= 4 is 29.1 Å². The van der Waals surface area contributed by atoms with Crippen molar-refractivity contribution in [1.82, 2.24) is 20.1 Å². The molecule has 1 aromatic heterocycles. The lowest BCUT2D eigenvalue weighted by molar-refractivity contribution is 0.0320. The molecule has 1 fully saturated rings. The third-order valence-electron chi connectivity index (χ3n) is 4.71. The molecule has 0 atom stereocenters. The number of carbonyl (C=O) groups is 1. The fourth-order valence-corrected chi connectivity index (χ4v) is 3.47. The van der Waals surface area contributed by atoms with Gasteiger partial charge in [0, 0.05) is 39.3 Å². The minimum Gasteiger partial charge on any atom is -0.447 e. The van der Waals surface area contributed by atoms with Crippen molar-refractivity contribution in [1.29, 1.82) is 0 Å². The van der Waals surface area contributed by atoms with E-state index in [1.165, 1.54) is 6.26 Å². The first-order chi connectivity index (χ1) is 14.0. The number of rotatable bonds is 9. The molecule has 2 aromatic rings. The summed E-state index contributed by atoms with van der Waals surface area (Å²) in [5, 5.41) is 3.80. The third kappa shape index (κ3) is 6.69. The highest BCUT2D eigenvalue weighted by molar-refractivity contribution is 6.42. The predicted octanol–water partition coefficient (Wildman–Crippen LogP) is 3.07. The second-order valence-electron chi connectivity index (χ2n) is 6.90. The highest BCUT2D eigenvalue weighted by atomic mass is 35.5. The average molecular weight is 441 g/mol. The molecule has 1 amide bonds. The topological polar surface area (TPSA) is 70.8 Å². The van der Waals surface area contributed by atoms with Crippen LogP contribution in [-0.2, 0) is 17.8 Å². The van der Waals surface area contributed by atoms with Crippen molar-refractivity contribution in [2.24, 2.45) is 0 Å². The Balaban J connectivity index is 1.67. The van der Waals surface area contributed by atoms with Crippen molar-refractivity contribution in [3.05, 3.63) is 51.7 Å². The van der Waals surface area contributed by atoms with Crippen molar-refractivity contribution < 1.29 is 13.9 Å². The average Bonchev–Trinajstić information content (AvgIpc) is 3.19. The van der Waals surface area contributed by atoms with Gasteiger partial charge in [-0.05, 0) is 24.6 Å². The van der Waals surface area contributed by atoms with E-state index in [1.807, 2.05) is 19.1 Å². The van der Waals surface area contributed by atoms with Crippen LogP contribution in [0.1, 0.15) is 28.9 Å². The second kappa shape index (κ2) is 10.9. The number of benzene rings is 1. The molecule has 1 aromatic carbocycles. The van der Waals surface area contributed by atoms with Gasteiger partial charge in [0.2, 0.25) is 5.89 Å². The van der Waals surface area contributed by atoms with Crippen LogP contribution < -0.4 is 5.32 Å². The largest absolute Gasteiger partial charge is 0.447 e. The molecule has 0 spiro atoms. The van der Waals surface area contributed by atoms with E-state index in [2.05, 4.69) is 20.1 Å². The molecule has 1 aliphatic heterocycles. The van der Waals surface area contributed by atoms with Gasteiger partial charge >= 0.3 is 0 Å². The van der Waals surface area contributed by atoms with Crippen LogP contribution >= 0.6 is 23.2 Å². The Bertz CT molecular complexity index is 809. The Morgan fingerprint density at radius 3 is 2.76 bits per heavy atom. The van der Waals surface area contributed by atoms with Gasteiger partial charge in [-0.25, -0.2) is 4.98 Å². The number of hydrogen-bond acceptors (Lipinski definition) is 6. The zero-order valence-corrected chi connectivity index (χ0v) is 18.0. The first kappa shape index (κ1) is 22.1. The number of nitrogens with one attached hydrogen (secondary N) is 1. The Kier molecular flexibility index (Phi) is 8.32. The molecule has 1 aliphatic rings. The molecule has 29 heavy (non-hydrogen) atoms. The fraction of sp³-hybridized carbons (Fsp3) is 0.500. The van der Waals surface area contributed by atoms with Crippen LogP contribution in [0.4, 0.5) is 0 Å². The summed E-state index contributed by atoms with van der Waals surface area (Å²) < 4.78 is 11.0. The Morgan fingerprint density at radius 1 is 1.24 bits per heavy atom. The lowest BCUT2D eigenvalue weighted by Crippen LogP contribution is -2.41. The van der Waals surface area contributed by atoms with Gasteiger partial charge in [0.25, 0.3) is 5.91 Å². The van der Waals surface area contributed by atoms with Crippen molar-refractivity contribution in [2.75, 3.05) is 45.9 Å². The maximum atomic E-state index is 11.9. The normalized spacial score (nSPS) is 15.0. The van der Waals surface area contributed by atoms with Gasteiger partial charge < -0.3 is 14.5 Å². The standard InChI is InChI=1S/C20H26Cl2N4O3/c1-2-23-20(27)18-14-29-19(24-18)13-26(6-5-25-7-9-28-10-8-25)12-15-3-4-16(21)17(22)11-15/h3-4,11,14H,2,5-10,12-13H2,1H3,(H,23,27). The summed E-state index contributed by atoms with van der Waals surface area (Å²) in [5.74, 6) is 0.278. The molecule has 0 unspecified atom stereocenters. The van der Waals surface area contributed by atoms with Gasteiger partial charge in [0.05, 0.1) is 29.8 Å². The van der Waals surface area contributed by atoms with Crippen LogP contribution in [0.2, 0.25) is 10.0 Å². The smallest absolute Gasteiger partial charge is 0.273 e. The summed E-state index contributed by atoms with van der Waals surface area (Å²) in [6, 6.07) is 5.64. The highest BCUT2D eigenvalue weighted by Gasteiger charge is 2.17. The van der Waals surface area contributed by atoms with Gasteiger partial charge in [-0.15, -0.1) is 0 Å². The summed E-state index contributed by atoms with van der Waals surface area (Å²) >= 11 is 12.2. The van der Waals surface area contributed by atoms with Crippen LogP contribution in [0.15, 0.2) is 28.9 Å². The Hall–Kier alpha value is -1.64. The zero-order chi connectivity index (χ0) is 20.6. The molecule has 0 bridgehead atoms. The maximum Gasteiger partial charge on any atom is 0.273 e. The summed E-state index contributed by atoms with van der Waals surface area (Å²) in [7, 11) is 0. The van der Waals surface area contributed by atoms with Gasteiger partial charge in [-0.1, -0.05) is 29.3 Å². The van der Waals surface area contributed by atoms with Crippen LogP contribution in [0, 0.1) is 0 Å². The Labute approximate surface area is 180 Å². The molecule has 1 N–H and O–H groups in total. The van der Waals surface area contributed by atoms with E-state index < -0.39 is 0 Å². The lowest BCUT2D eigenvalue weighted by atomic mass is 10.2. The molecule has 0 saturated carbocycles. The van der Waals surface area contributed by atoms with Crippen molar-refractivity contribution in [3.63, 3.8) is 0 Å². The number of morpholine rings is 1. The van der Waals surface area contributed by atoms with Crippen LogP contribution in [0.5, 0.6) is 0 Å². The molecular formula is C20H26Cl2N4O3. The molecule has 2 heterocycles. The molecular weight excluding hydrogens is 415 g/mol. The summed E-state index contributed by atoms with van der Waals surface area (Å²) in [6.07, 6.45) is 1.40. The number of ether oxygens (including phenoxy) is 1. The van der Waals surface area contributed by atoms with E-state index in [0.717, 1.165) is 45.0 Å². The predicted molar refractivity (Wildman–Crippen MR) is 112 cm³/mol. The van der Waals surface area contributed by atoms with Crippen LogP contribution in [-0.4, -0.2) is 66.6 Å². The van der Waals surface area contributed by atoms with Gasteiger partial charge in [0.15, 0.2) is 5.69 Å². The number of hydrogen-bond donors (Lipinski definition) is 1. The first-order valence-electron chi connectivity index (χ1n) is 9.74. The molecule has 3 rings (SSSR count). The van der Waals surface area contributed by atoms with Crippen LogP contribution in [0.25, 0.3) is 0 Å². The number of amides is 1. The lowest BCUT2D eigenvalue weighted by Gasteiger charge is -2.29. The van der Waals surface area contributed by atoms with E-state index in [4.69, 9.17) is 32.4 Å². The van der Waals surface area contributed by atoms with Gasteiger partial charge in [0.1, 0.15) is 6.26 Å². The number of carbonyl (C=O) groups excluding carboxylic acids is 1. The van der Waals surface area contributed by atoms with E-state index >= 15 is 0 Å². The molecule has 9 heteroatoms. The molecule has 7 nitrogen and oxygen atoms in total. The quantitative estimate of drug-likeness (QED) is 0.645. The Morgan fingerprint density at radius 2 is 2.03 bits per heavy atom. The summed E-state index contributed by atoms with van der Waals surface area (Å²) in [4.78, 5) is 20.9. The van der Waals surface area contributed by atoms with Crippen molar-refractivity contribution in [2.45, 2.75) is 20.0 Å². The number of halogens is 2. The number of nitrogens with zero attached hydrogens (tertiary/aromatic N) is 3. The monoisotopic (exact) mass is 440 g/mol. The molecule has 0 aliphatic carbocycles. The third-order valence-corrected chi connectivity index (χ3v) is 5.45. The van der Waals surface area contributed by atoms with Crippen LogP contribution in [0.3, 0.4) is 0 Å². The van der Waals surface area contributed by atoms with E-state index in [0.29, 0.717) is 41.3 Å². The number of aromatic nitrogens is 1. The minimum atomic E-state index is -0.230. The fourth-order valence-electron chi connectivity index (χ4n) is 3.15. The molecule has 0 radical (unpaired) electrons. The SMILES string of the molecule is CCNC(=O)c1coc(CN(CCN2CCOCC2)Cc2ccc(Cl)c(Cl)c2)n1. The maximum absolute atomic E-state index is 11.9. The highest BCUT2D eigenvalue weighted by Crippen LogP contribution is 2.23. The van der Waals surface area contributed by atoms with Gasteiger partial charge in [-0.2, -0.15) is 0 Å². The molecule has 1 saturated heterocycles. The second-order valence-corrected chi connectivity index (χ2v) is 7.71. The van der Waals surface area contributed by atoms with Crippen molar-refractivity contribution in [3.8, 4) is 0 Å². The number of oxazole rings is 1. The first-order valence-corrected chi connectivity index (χ1v) is 10.5. The minimum absolute atomic E-state index is 0.230. The summed E-state index contributed by atoms with van der Waals surface area (Å²) in [5.41, 5.74) is 1.35. The van der Waals surface area contributed by atoms with E-state index in [-0.39, 0.29) is 5.91 Å². The zero-order valence-electron chi connectivity index (χ0n) is 16.5. The summed E-state index contributed by atoms with van der Waals surface area (Å²) in [6.45, 7) is 8.69. The van der Waals surface area contributed by atoms with E-state index in [1.54, 1.807) is 6.07 Å². The molecule has 158 valence electrons.